The van der Waals surface area contributed by atoms with Gasteiger partial charge in [-0.15, -0.1) is 0 Å². The normalized spacial score (nSPS) is 11.2. The minimum Gasteiger partial charge on any atom is -0.480 e. The Labute approximate surface area is 77.2 Å². The fourth-order valence-corrected chi connectivity index (χ4v) is 0.632. The number of aliphatic hydroxyl groups is 1. The van der Waals surface area contributed by atoms with Crippen LogP contribution < -0.4 is 5.32 Å². The van der Waals surface area contributed by atoms with Crippen molar-refractivity contribution in [1.82, 2.24) is 5.32 Å². The standard InChI is InChI=1S/C6H11NO4.H2S/c1-4(9)7-5(2-3-8)6(10)11;/h5,8H,2-3H2,1H3,(H,7,9)(H,10,11);1H2/t5-;/m0./s1. The number of aliphatic hydroxyl groups excluding tert-OH is 1. The molecule has 0 aliphatic heterocycles. The highest BCUT2D eigenvalue weighted by Gasteiger charge is 2.16. The summed E-state index contributed by atoms with van der Waals surface area (Å²) in [7, 11) is 0. The van der Waals surface area contributed by atoms with Crippen molar-refractivity contribution in [2.75, 3.05) is 6.61 Å². The van der Waals surface area contributed by atoms with E-state index in [-0.39, 0.29) is 26.5 Å². The van der Waals surface area contributed by atoms with Crippen LogP contribution >= 0.6 is 13.5 Å². The summed E-state index contributed by atoms with van der Waals surface area (Å²) in [6, 6.07) is -0.975. The van der Waals surface area contributed by atoms with Crippen molar-refractivity contribution in [3.8, 4) is 0 Å². The number of carbonyl (C=O) groups is 2. The Bertz CT molecular complexity index is 162. The smallest absolute Gasteiger partial charge is 0.326 e. The summed E-state index contributed by atoms with van der Waals surface area (Å²) >= 11 is 0. The van der Waals surface area contributed by atoms with E-state index in [4.69, 9.17) is 10.2 Å². The van der Waals surface area contributed by atoms with Crippen LogP contribution in [0.1, 0.15) is 13.3 Å². The molecule has 0 bridgehead atoms. The topological polar surface area (TPSA) is 86.6 Å². The molecule has 0 unspecified atom stereocenters. The van der Waals surface area contributed by atoms with Crippen molar-refractivity contribution in [3.05, 3.63) is 0 Å². The lowest BCUT2D eigenvalue weighted by Crippen LogP contribution is -2.40. The monoisotopic (exact) mass is 195 g/mol. The second-order valence-corrected chi connectivity index (χ2v) is 2.10. The quantitative estimate of drug-likeness (QED) is 0.541. The maximum absolute atomic E-state index is 10.4. The summed E-state index contributed by atoms with van der Waals surface area (Å²) in [6.07, 6.45) is 0.0366. The fourth-order valence-electron chi connectivity index (χ4n) is 0.632. The number of carboxylic acid groups (broad SMARTS) is 1. The number of hydrogen-bond acceptors (Lipinski definition) is 3. The van der Waals surface area contributed by atoms with Crippen LogP contribution in [0, 0.1) is 0 Å². The molecule has 0 aliphatic rings. The van der Waals surface area contributed by atoms with Gasteiger partial charge in [-0.1, -0.05) is 0 Å². The van der Waals surface area contributed by atoms with Gasteiger partial charge in [0.15, 0.2) is 0 Å². The number of amides is 1. The Hall–Kier alpha value is -0.750. The first kappa shape index (κ1) is 13.8. The first-order chi connectivity index (χ1) is 5.07. The Morgan fingerprint density at radius 2 is 2.00 bits per heavy atom. The SMILES string of the molecule is CC(=O)N[C@@H](CCO)C(=O)O.S. The van der Waals surface area contributed by atoms with Gasteiger partial charge in [-0.25, -0.2) is 4.79 Å². The van der Waals surface area contributed by atoms with E-state index in [9.17, 15) is 9.59 Å². The molecule has 1 amide bonds. The van der Waals surface area contributed by atoms with E-state index in [2.05, 4.69) is 5.32 Å². The molecule has 0 aromatic heterocycles. The van der Waals surface area contributed by atoms with E-state index >= 15 is 0 Å². The van der Waals surface area contributed by atoms with E-state index in [1.165, 1.54) is 6.92 Å². The molecule has 0 heterocycles. The van der Waals surface area contributed by atoms with Gasteiger partial charge in [0, 0.05) is 20.0 Å². The molecule has 0 radical (unpaired) electrons. The second-order valence-electron chi connectivity index (χ2n) is 2.10. The number of carbonyl (C=O) groups excluding carboxylic acids is 1. The molecule has 72 valence electrons. The molecule has 0 aliphatic carbocycles. The summed E-state index contributed by atoms with van der Waals surface area (Å²) in [5.41, 5.74) is 0. The Morgan fingerprint density at radius 1 is 1.50 bits per heavy atom. The highest BCUT2D eigenvalue weighted by atomic mass is 32.1. The third-order valence-corrected chi connectivity index (χ3v) is 1.09. The van der Waals surface area contributed by atoms with Gasteiger partial charge in [0.05, 0.1) is 0 Å². The van der Waals surface area contributed by atoms with Crippen LogP contribution in [0.3, 0.4) is 0 Å². The molecule has 0 saturated heterocycles. The van der Waals surface area contributed by atoms with Crippen molar-refractivity contribution in [2.45, 2.75) is 19.4 Å². The van der Waals surface area contributed by atoms with Crippen molar-refractivity contribution in [1.29, 1.82) is 0 Å². The zero-order valence-electron chi connectivity index (χ0n) is 6.70. The summed E-state index contributed by atoms with van der Waals surface area (Å²) in [5.74, 6) is -1.54. The molecule has 3 N–H and O–H groups in total. The van der Waals surface area contributed by atoms with Gasteiger partial charge in [-0.05, 0) is 0 Å². The highest BCUT2D eigenvalue weighted by molar-refractivity contribution is 7.59. The Morgan fingerprint density at radius 3 is 2.25 bits per heavy atom. The third kappa shape index (κ3) is 5.99. The molecule has 0 spiro atoms. The van der Waals surface area contributed by atoms with Gasteiger partial charge in [0.25, 0.3) is 0 Å². The first-order valence-electron chi connectivity index (χ1n) is 3.18. The number of carboxylic acids is 1. The van der Waals surface area contributed by atoms with Crippen LogP contribution in [0.15, 0.2) is 0 Å². The maximum Gasteiger partial charge on any atom is 0.326 e. The Kier molecular flexibility index (Phi) is 7.98. The summed E-state index contributed by atoms with van der Waals surface area (Å²) in [6.45, 7) is 0.977. The molecule has 0 aromatic rings. The summed E-state index contributed by atoms with van der Waals surface area (Å²) in [4.78, 5) is 20.7. The number of hydrogen-bond donors (Lipinski definition) is 3. The Balaban J connectivity index is 0. The molecule has 0 saturated carbocycles. The van der Waals surface area contributed by atoms with Crippen molar-refractivity contribution in [2.24, 2.45) is 0 Å². The van der Waals surface area contributed by atoms with Crippen molar-refractivity contribution >= 4 is 25.4 Å². The lowest BCUT2D eigenvalue weighted by atomic mass is 10.2. The van der Waals surface area contributed by atoms with Crippen molar-refractivity contribution in [3.63, 3.8) is 0 Å². The highest BCUT2D eigenvalue weighted by Crippen LogP contribution is 1.90. The zero-order chi connectivity index (χ0) is 8.85. The third-order valence-electron chi connectivity index (χ3n) is 1.09. The molecular weight excluding hydrogens is 182 g/mol. The van der Waals surface area contributed by atoms with Gasteiger partial charge >= 0.3 is 5.97 Å². The first-order valence-corrected chi connectivity index (χ1v) is 3.18. The van der Waals surface area contributed by atoms with Gasteiger partial charge < -0.3 is 15.5 Å². The van der Waals surface area contributed by atoms with E-state index in [1.807, 2.05) is 0 Å². The minimum atomic E-state index is -1.13. The van der Waals surface area contributed by atoms with Gasteiger partial charge in [0.2, 0.25) is 5.91 Å². The van der Waals surface area contributed by atoms with Gasteiger partial charge in [0.1, 0.15) is 6.04 Å². The molecular formula is C6H13NO4S. The van der Waals surface area contributed by atoms with Crippen LogP contribution in [0.25, 0.3) is 0 Å². The molecule has 5 nitrogen and oxygen atoms in total. The van der Waals surface area contributed by atoms with E-state index in [0.717, 1.165) is 0 Å². The number of nitrogens with one attached hydrogen (secondary N) is 1. The fraction of sp³-hybridized carbons (Fsp3) is 0.667. The minimum absolute atomic E-state index is 0. The van der Waals surface area contributed by atoms with E-state index < -0.39 is 17.9 Å². The lowest BCUT2D eigenvalue weighted by molar-refractivity contribution is -0.142. The van der Waals surface area contributed by atoms with Gasteiger partial charge in [-0.2, -0.15) is 13.5 Å². The summed E-state index contributed by atoms with van der Waals surface area (Å²) < 4.78 is 0. The average Bonchev–Trinajstić information content (AvgIpc) is 1.86. The largest absolute Gasteiger partial charge is 0.480 e. The molecule has 0 aromatic carbocycles. The molecule has 12 heavy (non-hydrogen) atoms. The average molecular weight is 195 g/mol. The van der Waals surface area contributed by atoms with Gasteiger partial charge in [-0.3, -0.25) is 4.79 Å². The van der Waals surface area contributed by atoms with Crippen molar-refractivity contribution < 1.29 is 19.8 Å². The molecule has 0 rings (SSSR count). The van der Waals surface area contributed by atoms with Crippen LogP contribution in [0.4, 0.5) is 0 Å². The number of rotatable bonds is 4. The lowest BCUT2D eigenvalue weighted by Gasteiger charge is -2.10. The predicted molar refractivity (Wildman–Crippen MR) is 47.3 cm³/mol. The molecule has 0 fully saturated rings. The van der Waals surface area contributed by atoms with E-state index in [1.54, 1.807) is 0 Å². The second kappa shape index (κ2) is 6.93. The maximum atomic E-state index is 10.4. The summed E-state index contributed by atoms with van der Waals surface area (Å²) in [5, 5.41) is 19.0. The van der Waals surface area contributed by atoms with Crippen LogP contribution in [0.5, 0.6) is 0 Å². The zero-order valence-corrected chi connectivity index (χ0v) is 7.70. The predicted octanol–water partition coefficient (Wildman–Crippen LogP) is -0.929. The molecule has 6 heteroatoms. The molecule has 1 atom stereocenters. The van der Waals surface area contributed by atoms with Crippen LogP contribution in [0.2, 0.25) is 0 Å². The van der Waals surface area contributed by atoms with Crippen LogP contribution in [-0.4, -0.2) is 34.7 Å². The van der Waals surface area contributed by atoms with Crippen LogP contribution in [-0.2, 0) is 9.59 Å². The number of aliphatic carboxylic acids is 1. The van der Waals surface area contributed by atoms with E-state index in [0.29, 0.717) is 0 Å².